The second-order valence-corrected chi connectivity index (χ2v) is 9.86. The molecule has 1 fully saturated rings. The Labute approximate surface area is 184 Å². The second-order valence-electron chi connectivity index (χ2n) is 9.86. The molecule has 162 valence electrons. The number of aromatic nitrogens is 2. The van der Waals surface area contributed by atoms with Crippen LogP contribution in [-0.2, 0) is 16.8 Å². The van der Waals surface area contributed by atoms with Gasteiger partial charge < -0.3 is 9.42 Å². The third-order valence-electron chi connectivity index (χ3n) is 6.04. The zero-order valence-electron chi connectivity index (χ0n) is 19.1. The summed E-state index contributed by atoms with van der Waals surface area (Å²) in [6.07, 6.45) is 0.423. The minimum absolute atomic E-state index is 0.0335. The van der Waals surface area contributed by atoms with Gasteiger partial charge in [-0.2, -0.15) is 4.98 Å². The molecule has 1 aliphatic heterocycles. The number of benzene rings is 2. The van der Waals surface area contributed by atoms with Gasteiger partial charge in [-0.3, -0.25) is 4.79 Å². The van der Waals surface area contributed by atoms with Crippen LogP contribution in [0.1, 0.15) is 75.4 Å². The van der Waals surface area contributed by atoms with E-state index in [0.29, 0.717) is 37.1 Å². The van der Waals surface area contributed by atoms with Gasteiger partial charge in [0.2, 0.25) is 5.91 Å². The average molecular weight is 418 g/mol. The van der Waals surface area contributed by atoms with Crippen molar-refractivity contribution in [3.8, 4) is 11.5 Å². The Morgan fingerprint density at radius 1 is 1.06 bits per heavy atom. The van der Waals surface area contributed by atoms with Crippen LogP contribution in [0.4, 0.5) is 0 Å². The summed E-state index contributed by atoms with van der Waals surface area (Å²) < 4.78 is 5.52. The molecule has 1 saturated heterocycles. The zero-order chi connectivity index (χ0) is 22.2. The first-order valence-corrected chi connectivity index (χ1v) is 11.0. The van der Waals surface area contributed by atoms with E-state index in [1.807, 2.05) is 17.0 Å². The van der Waals surface area contributed by atoms with E-state index in [0.717, 1.165) is 11.1 Å². The van der Waals surface area contributed by atoms with Gasteiger partial charge in [-0.25, -0.2) is 0 Å². The molecule has 1 aliphatic rings. The lowest BCUT2D eigenvalue weighted by molar-refractivity contribution is -0.128. The summed E-state index contributed by atoms with van der Waals surface area (Å²) in [5.41, 5.74) is 4.71. The van der Waals surface area contributed by atoms with Crippen molar-refractivity contribution in [2.75, 3.05) is 6.54 Å². The summed E-state index contributed by atoms with van der Waals surface area (Å²) in [7, 11) is 0. The van der Waals surface area contributed by atoms with Gasteiger partial charge >= 0.3 is 0 Å². The molecule has 0 spiro atoms. The van der Waals surface area contributed by atoms with Crippen molar-refractivity contribution in [2.45, 2.75) is 64.8 Å². The van der Waals surface area contributed by atoms with E-state index in [1.54, 1.807) is 0 Å². The summed E-state index contributed by atoms with van der Waals surface area (Å²) in [5, 5.41) is 4.19. The molecule has 1 aromatic heterocycles. The Morgan fingerprint density at radius 2 is 1.74 bits per heavy atom. The first-order chi connectivity index (χ1) is 14.7. The lowest BCUT2D eigenvalue weighted by Crippen LogP contribution is -2.24. The molecule has 31 heavy (non-hydrogen) atoms. The van der Waals surface area contributed by atoms with Crippen molar-refractivity contribution in [1.29, 1.82) is 0 Å². The molecular formula is C26H31N3O2. The minimum Gasteiger partial charge on any atom is -0.338 e. The van der Waals surface area contributed by atoms with Crippen LogP contribution in [0, 0.1) is 0 Å². The molecule has 0 radical (unpaired) electrons. The number of carbonyl (C=O) groups excluding carboxylic acids is 1. The Bertz CT molecular complexity index is 1040. The predicted molar refractivity (Wildman–Crippen MR) is 122 cm³/mol. The van der Waals surface area contributed by atoms with E-state index >= 15 is 0 Å². The molecule has 2 heterocycles. The highest BCUT2D eigenvalue weighted by molar-refractivity contribution is 5.79. The smallest absolute Gasteiger partial charge is 0.257 e. The van der Waals surface area contributed by atoms with Crippen molar-refractivity contribution >= 4 is 5.91 Å². The van der Waals surface area contributed by atoms with E-state index in [4.69, 9.17) is 4.52 Å². The summed E-state index contributed by atoms with van der Waals surface area (Å²) in [6.45, 7) is 12.2. The van der Waals surface area contributed by atoms with Crippen molar-refractivity contribution in [3.63, 3.8) is 0 Å². The monoisotopic (exact) mass is 417 g/mol. The van der Waals surface area contributed by atoms with Crippen LogP contribution >= 0.6 is 0 Å². The predicted octanol–water partition coefficient (Wildman–Crippen LogP) is 5.67. The van der Waals surface area contributed by atoms with Crippen LogP contribution in [0.2, 0.25) is 0 Å². The van der Waals surface area contributed by atoms with Gasteiger partial charge in [0.1, 0.15) is 0 Å². The van der Waals surface area contributed by atoms with Gasteiger partial charge in [0.25, 0.3) is 5.89 Å². The molecule has 3 aromatic rings. The van der Waals surface area contributed by atoms with Gasteiger partial charge in [0.05, 0.1) is 0 Å². The topological polar surface area (TPSA) is 59.2 Å². The first kappa shape index (κ1) is 21.3. The number of carbonyl (C=O) groups is 1. The molecule has 5 heteroatoms. The normalized spacial score (nSPS) is 17.0. The maximum absolute atomic E-state index is 12.6. The summed E-state index contributed by atoms with van der Waals surface area (Å²) in [4.78, 5) is 19.1. The second kappa shape index (κ2) is 8.29. The summed E-state index contributed by atoms with van der Waals surface area (Å²) in [6, 6.07) is 16.8. The SMILES string of the molecule is CC(C)c1ccc(CN2CC(c3noc(-c4ccc(C(C)(C)C)cc4)n3)CC2=O)cc1. The minimum atomic E-state index is -0.0335. The van der Waals surface area contributed by atoms with E-state index in [-0.39, 0.29) is 17.2 Å². The highest BCUT2D eigenvalue weighted by Gasteiger charge is 2.33. The number of rotatable bonds is 5. The van der Waals surface area contributed by atoms with Crippen LogP contribution in [0.5, 0.6) is 0 Å². The van der Waals surface area contributed by atoms with Crippen molar-refractivity contribution < 1.29 is 9.32 Å². The van der Waals surface area contributed by atoms with E-state index in [2.05, 4.69) is 81.2 Å². The fourth-order valence-corrected chi connectivity index (χ4v) is 3.96. The van der Waals surface area contributed by atoms with Crippen molar-refractivity contribution in [1.82, 2.24) is 15.0 Å². The molecule has 0 aliphatic carbocycles. The number of hydrogen-bond donors (Lipinski definition) is 0. The number of nitrogens with zero attached hydrogens (tertiary/aromatic N) is 3. The van der Waals surface area contributed by atoms with Gasteiger partial charge in [-0.05, 0) is 40.2 Å². The number of likely N-dealkylation sites (tertiary alicyclic amines) is 1. The van der Waals surface area contributed by atoms with Gasteiger partial charge in [-0.15, -0.1) is 0 Å². The van der Waals surface area contributed by atoms with Crippen LogP contribution < -0.4 is 0 Å². The Balaban J connectivity index is 1.43. The fraction of sp³-hybridized carbons (Fsp3) is 0.423. The maximum Gasteiger partial charge on any atom is 0.257 e. The lowest BCUT2D eigenvalue weighted by Gasteiger charge is -2.18. The highest BCUT2D eigenvalue weighted by Crippen LogP contribution is 2.30. The first-order valence-electron chi connectivity index (χ1n) is 11.0. The number of hydrogen-bond acceptors (Lipinski definition) is 4. The van der Waals surface area contributed by atoms with Crippen LogP contribution in [0.15, 0.2) is 53.1 Å². The summed E-state index contributed by atoms with van der Waals surface area (Å²) in [5.74, 6) is 1.73. The Hall–Kier alpha value is -2.95. The average Bonchev–Trinajstić information content (AvgIpc) is 3.35. The summed E-state index contributed by atoms with van der Waals surface area (Å²) >= 11 is 0. The van der Waals surface area contributed by atoms with Crippen LogP contribution in [0.25, 0.3) is 11.5 Å². The fourth-order valence-electron chi connectivity index (χ4n) is 3.96. The van der Waals surface area contributed by atoms with Crippen LogP contribution in [0.3, 0.4) is 0 Å². The van der Waals surface area contributed by atoms with Crippen molar-refractivity contribution in [3.05, 3.63) is 71.0 Å². The molecule has 5 nitrogen and oxygen atoms in total. The zero-order valence-corrected chi connectivity index (χ0v) is 19.1. The van der Waals surface area contributed by atoms with Gasteiger partial charge in [-0.1, -0.05) is 76.2 Å². The lowest BCUT2D eigenvalue weighted by atomic mass is 9.87. The molecule has 0 bridgehead atoms. The van der Waals surface area contributed by atoms with Crippen molar-refractivity contribution in [2.24, 2.45) is 0 Å². The molecule has 4 rings (SSSR count). The molecule has 0 N–H and O–H groups in total. The highest BCUT2D eigenvalue weighted by atomic mass is 16.5. The third-order valence-corrected chi connectivity index (χ3v) is 6.04. The van der Waals surface area contributed by atoms with E-state index in [9.17, 15) is 4.79 Å². The van der Waals surface area contributed by atoms with E-state index < -0.39 is 0 Å². The molecule has 1 amide bonds. The molecule has 1 atom stereocenters. The molecule has 0 saturated carbocycles. The Morgan fingerprint density at radius 3 is 2.35 bits per heavy atom. The van der Waals surface area contributed by atoms with Gasteiger partial charge in [0, 0.05) is 31.0 Å². The maximum atomic E-state index is 12.6. The number of amides is 1. The third kappa shape index (κ3) is 4.71. The molecule has 1 unspecified atom stereocenters. The quantitative estimate of drug-likeness (QED) is 0.536. The standard InChI is InChI=1S/C26H31N3O2/c1-17(2)19-8-6-18(7-9-19)15-29-16-21(14-23(29)30)24-27-25(31-28-24)20-10-12-22(13-11-20)26(3,4)5/h6-13,17,21H,14-16H2,1-5H3. The molecular weight excluding hydrogens is 386 g/mol. The Kier molecular flexibility index (Phi) is 5.69. The van der Waals surface area contributed by atoms with Crippen LogP contribution in [-0.4, -0.2) is 27.5 Å². The van der Waals surface area contributed by atoms with E-state index in [1.165, 1.54) is 11.1 Å². The largest absolute Gasteiger partial charge is 0.338 e. The molecule has 2 aromatic carbocycles. The van der Waals surface area contributed by atoms with Gasteiger partial charge in [0.15, 0.2) is 5.82 Å².